The molecule has 0 bridgehead atoms. The first-order valence-electron chi connectivity index (χ1n) is 9.67. The number of rotatable bonds is 4. The summed E-state index contributed by atoms with van der Waals surface area (Å²) in [4.78, 5) is 19.0. The first-order chi connectivity index (χ1) is 14.3. The Morgan fingerprint density at radius 1 is 1.14 bits per heavy atom. The minimum absolute atomic E-state index is 0.0365. The fourth-order valence-electron chi connectivity index (χ4n) is 3.73. The van der Waals surface area contributed by atoms with E-state index in [1.807, 2.05) is 41.3 Å². The largest absolute Gasteiger partial charge is 0.454 e. The summed E-state index contributed by atoms with van der Waals surface area (Å²) in [5.74, 6) is 2.50. The van der Waals surface area contributed by atoms with Gasteiger partial charge in [0.1, 0.15) is 5.69 Å². The number of carbonyl (C=O) groups is 1. The van der Waals surface area contributed by atoms with Gasteiger partial charge in [-0.25, -0.2) is 0 Å². The minimum atomic E-state index is 0.0365. The van der Waals surface area contributed by atoms with Crippen LogP contribution in [0.5, 0.6) is 11.5 Å². The SMILES string of the molecule is O=C(Cc1ccc2c(c1)OCO2)N1CCCC(c2nnc(-c3ccccn3)o2)C1. The van der Waals surface area contributed by atoms with Gasteiger partial charge in [-0.1, -0.05) is 12.1 Å². The van der Waals surface area contributed by atoms with Gasteiger partial charge in [-0.15, -0.1) is 10.2 Å². The molecule has 1 fully saturated rings. The van der Waals surface area contributed by atoms with Crippen molar-refractivity contribution < 1.29 is 18.7 Å². The van der Waals surface area contributed by atoms with E-state index < -0.39 is 0 Å². The molecule has 2 aliphatic rings. The maximum atomic E-state index is 12.8. The molecular weight excluding hydrogens is 372 g/mol. The van der Waals surface area contributed by atoms with Crippen molar-refractivity contribution >= 4 is 5.91 Å². The Bertz CT molecular complexity index is 1020. The maximum Gasteiger partial charge on any atom is 0.266 e. The summed E-state index contributed by atoms with van der Waals surface area (Å²) >= 11 is 0. The molecule has 29 heavy (non-hydrogen) atoms. The van der Waals surface area contributed by atoms with Crippen molar-refractivity contribution in [3.8, 4) is 23.1 Å². The molecule has 4 heterocycles. The third-order valence-electron chi connectivity index (χ3n) is 5.24. The zero-order valence-corrected chi connectivity index (χ0v) is 15.8. The van der Waals surface area contributed by atoms with Crippen LogP contribution in [-0.4, -0.2) is 45.9 Å². The molecule has 1 unspecified atom stereocenters. The number of hydrogen-bond acceptors (Lipinski definition) is 7. The molecule has 0 N–H and O–H groups in total. The number of pyridine rings is 1. The molecule has 1 atom stereocenters. The summed E-state index contributed by atoms with van der Waals surface area (Å²) in [6, 6.07) is 11.2. The van der Waals surface area contributed by atoms with Crippen LogP contribution >= 0.6 is 0 Å². The van der Waals surface area contributed by atoms with Crippen LogP contribution in [-0.2, 0) is 11.2 Å². The summed E-state index contributed by atoms with van der Waals surface area (Å²) < 4.78 is 16.6. The second-order valence-corrected chi connectivity index (χ2v) is 7.20. The molecule has 2 aromatic heterocycles. The Hall–Kier alpha value is -3.42. The Morgan fingerprint density at radius 3 is 2.97 bits per heavy atom. The van der Waals surface area contributed by atoms with E-state index in [2.05, 4.69) is 15.2 Å². The Balaban J connectivity index is 1.26. The Morgan fingerprint density at radius 2 is 2.07 bits per heavy atom. The van der Waals surface area contributed by atoms with Gasteiger partial charge in [0.15, 0.2) is 11.5 Å². The number of benzene rings is 1. The van der Waals surface area contributed by atoms with Crippen molar-refractivity contribution in [3.63, 3.8) is 0 Å². The average molecular weight is 392 g/mol. The fourth-order valence-corrected chi connectivity index (χ4v) is 3.73. The number of fused-ring (bicyclic) bond motifs is 1. The van der Waals surface area contributed by atoms with Crippen molar-refractivity contribution in [1.82, 2.24) is 20.1 Å². The molecule has 8 nitrogen and oxygen atoms in total. The zero-order chi connectivity index (χ0) is 19.6. The normalized spacial score (nSPS) is 18.1. The van der Waals surface area contributed by atoms with E-state index in [4.69, 9.17) is 13.9 Å². The molecule has 0 saturated carbocycles. The molecular formula is C21H20N4O4. The fraction of sp³-hybridized carbons (Fsp3) is 0.333. The highest BCUT2D eigenvalue weighted by Gasteiger charge is 2.29. The quantitative estimate of drug-likeness (QED) is 0.674. The number of likely N-dealkylation sites (tertiary alicyclic amines) is 1. The van der Waals surface area contributed by atoms with Gasteiger partial charge in [0.05, 0.1) is 12.3 Å². The van der Waals surface area contributed by atoms with Gasteiger partial charge < -0.3 is 18.8 Å². The number of carbonyl (C=O) groups excluding carboxylic acids is 1. The van der Waals surface area contributed by atoms with E-state index in [1.54, 1.807) is 6.20 Å². The minimum Gasteiger partial charge on any atom is -0.454 e. The summed E-state index contributed by atoms with van der Waals surface area (Å²) in [5, 5.41) is 8.33. The van der Waals surface area contributed by atoms with E-state index in [0.29, 0.717) is 36.2 Å². The van der Waals surface area contributed by atoms with Crippen LogP contribution < -0.4 is 9.47 Å². The van der Waals surface area contributed by atoms with Crippen molar-refractivity contribution in [2.75, 3.05) is 19.9 Å². The standard InChI is InChI=1S/C21H20N4O4/c26-19(11-14-6-7-17-18(10-14)28-13-27-17)25-9-3-4-15(12-25)20-23-24-21(29-20)16-5-1-2-8-22-16/h1-2,5-8,10,15H,3-4,9,11-13H2. The maximum absolute atomic E-state index is 12.8. The highest BCUT2D eigenvalue weighted by Crippen LogP contribution is 2.33. The van der Waals surface area contributed by atoms with Gasteiger partial charge in [0, 0.05) is 19.3 Å². The van der Waals surface area contributed by atoms with Gasteiger partial charge in [-0.3, -0.25) is 9.78 Å². The lowest BCUT2D eigenvalue weighted by atomic mass is 9.97. The number of piperidine rings is 1. The molecule has 2 aliphatic heterocycles. The Kier molecular flexibility index (Phi) is 4.59. The highest BCUT2D eigenvalue weighted by atomic mass is 16.7. The number of hydrogen-bond donors (Lipinski definition) is 0. The molecule has 3 aromatic rings. The average Bonchev–Trinajstić information content (AvgIpc) is 3.44. The highest BCUT2D eigenvalue weighted by molar-refractivity contribution is 5.79. The van der Waals surface area contributed by atoms with E-state index in [-0.39, 0.29) is 18.6 Å². The zero-order valence-electron chi connectivity index (χ0n) is 15.8. The first-order valence-corrected chi connectivity index (χ1v) is 9.67. The Labute approximate surface area is 167 Å². The molecule has 1 aromatic carbocycles. The smallest absolute Gasteiger partial charge is 0.266 e. The predicted molar refractivity (Wildman–Crippen MR) is 102 cm³/mol. The molecule has 0 aliphatic carbocycles. The third-order valence-corrected chi connectivity index (χ3v) is 5.24. The third kappa shape index (κ3) is 3.65. The van der Waals surface area contributed by atoms with Crippen molar-refractivity contribution in [2.24, 2.45) is 0 Å². The van der Waals surface area contributed by atoms with E-state index in [0.717, 1.165) is 30.7 Å². The number of nitrogens with zero attached hydrogens (tertiary/aromatic N) is 4. The van der Waals surface area contributed by atoms with Crippen LogP contribution in [0.3, 0.4) is 0 Å². The van der Waals surface area contributed by atoms with Gasteiger partial charge in [-0.2, -0.15) is 0 Å². The molecule has 8 heteroatoms. The van der Waals surface area contributed by atoms with Gasteiger partial charge >= 0.3 is 0 Å². The van der Waals surface area contributed by atoms with E-state index >= 15 is 0 Å². The number of ether oxygens (including phenoxy) is 2. The van der Waals surface area contributed by atoms with Crippen molar-refractivity contribution in [3.05, 3.63) is 54.0 Å². The second kappa shape index (κ2) is 7.54. The number of aromatic nitrogens is 3. The van der Waals surface area contributed by atoms with Crippen LogP contribution in [0.1, 0.15) is 30.2 Å². The molecule has 5 rings (SSSR count). The van der Waals surface area contributed by atoms with Crippen molar-refractivity contribution in [2.45, 2.75) is 25.2 Å². The molecule has 0 radical (unpaired) electrons. The van der Waals surface area contributed by atoms with Crippen LogP contribution in [0, 0.1) is 0 Å². The lowest BCUT2D eigenvalue weighted by Gasteiger charge is -2.31. The lowest BCUT2D eigenvalue weighted by molar-refractivity contribution is -0.131. The van der Waals surface area contributed by atoms with Crippen molar-refractivity contribution in [1.29, 1.82) is 0 Å². The molecule has 148 valence electrons. The summed E-state index contributed by atoms with van der Waals surface area (Å²) in [6.07, 6.45) is 3.83. The monoisotopic (exact) mass is 392 g/mol. The summed E-state index contributed by atoms with van der Waals surface area (Å²) in [6.45, 7) is 1.54. The van der Waals surface area contributed by atoms with Gasteiger partial charge in [-0.05, 0) is 42.7 Å². The summed E-state index contributed by atoms with van der Waals surface area (Å²) in [5.41, 5.74) is 1.56. The van der Waals surface area contributed by atoms with Crippen LogP contribution in [0.2, 0.25) is 0 Å². The molecule has 1 amide bonds. The van der Waals surface area contributed by atoms with Gasteiger partial charge in [0.2, 0.25) is 18.6 Å². The van der Waals surface area contributed by atoms with Gasteiger partial charge in [0.25, 0.3) is 5.89 Å². The van der Waals surface area contributed by atoms with Crippen LogP contribution in [0.25, 0.3) is 11.6 Å². The lowest BCUT2D eigenvalue weighted by Crippen LogP contribution is -2.40. The molecule has 1 saturated heterocycles. The predicted octanol–water partition coefficient (Wildman–Crippen LogP) is 2.81. The number of amides is 1. The van der Waals surface area contributed by atoms with Crippen LogP contribution in [0.15, 0.2) is 47.0 Å². The van der Waals surface area contributed by atoms with E-state index in [9.17, 15) is 4.79 Å². The first kappa shape index (κ1) is 17.7. The second-order valence-electron chi connectivity index (χ2n) is 7.20. The topological polar surface area (TPSA) is 90.6 Å². The van der Waals surface area contributed by atoms with Crippen LogP contribution in [0.4, 0.5) is 0 Å². The molecule has 0 spiro atoms. The van der Waals surface area contributed by atoms with E-state index in [1.165, 1.54) is 0 Å². The summed E-state index contributed by atoms with van der Waals surface area (Å²) in [7, 11) is 0.